The summed E-state index contributed by atoms with van der Waals surface area (Å²) in [7, 11) is 0. The zero-order valence-electron chi connectivity index (χ0n) is 17.1. The van der Waals surface area contributed by atoms with E-state index in [1.54, 1.807) is 11.0 Å². The molecule has 2 aromatic rings. The highest BCUT2D eigenvalue weighted by Gasteiger charge is 2.21. The first-order valence-electron chi connectivity index (χ1n) is 10.3. The Labute approximate surface area is 172 Å². The Balaban J connectivity index is 1.38. The summed E-state index contributed by atoms with van der Waals surface area (Å²) >= 11 is 0. The molecule has 1 heterocycles. The monoisotopic (exact) mass is 399 g/mol. The van der Waals surface area contributed by atoms with Gasteiger partial charge in [-0.25, -0.2) is 4.39 Å². The van der Waals surface area contributed by atoms with Crippen LogP contribution in [0.15, 0.2) is 54.6 Å². The minimum Gasteiger partial charge on any atom is -0.492 e. The highest BCUT2D eigenvalue weighted by atomic mass is 19.1. The minimum absolute atomic E-state index is 0.0950. The fraction of sp³-hybridized carbons (Fsp3) is 0.435. The van der Waals surface area contributed by atoms with Gasteiger partial charge in [0.05, 0.1) is 6.54 Å². The molecule has 1 fully saturated rings. The fourth-order valence-corrected chi connectivity index (χ4v) is 3.50. The number of piperazine rings is 1. The zero-order chi connectivity index (χ0) is 20.5. The zero-order valence-corrected chi connectivity index (χ0v) is 17.1. The van der Waals surface area contributed by atoms with Crippen LogP contribution in [0.4, 0.5) is 4.39 Å². The van der Waals surface area contributed by atoms with Crippen molar-refractivity contribution < 1.29 is 13.9 Å². The third-order valence-corrected chi connectivity index (χ3v) is 5.24. The number of halogens is 1. The third-order valence-electron chi connectivity index (χ3n) is 5.24. The Morgan fingerprint density at radius 3 is 2.45 bits per heavy atom. The SMILES string of the molecule is CCN(Cc1cccc(F)c1)C(=O)CN1CCN(CCOc2ccccc2)CC1. The number of amides is 1. The van der Waals surface area contributed by atoms with E-state index in [0.29, 0.717) is 26.2 Å². The van der Waals surface area contributed by atoms with Crippen LogP contribution in [0, 0.1) is 5.82 Å². The molecule has 1 saturated heterocycles. The largest absolute Gasteiger partial charge is 0.492 e. The van der Waals surface area contributed by atoms with Crippen LogP contribution in [0.5, 0.6) is 5.75 Å². The van der Waals surface area contributed by atoms with Crippen molar-refractivity contribution in [3.05, 3.63) is 66.0 Å². The average molecular weight is 400 g/mol. The van der Waals surface area contributed by atoms with Gasteiger partial charge in [0.25, 0.3) is 0 Å². The third kappa shape index (κ3) is 6.84. The number of carbonyl (C=O) groups is 1. The summed E-state index contributed by atoms with van der Waals surface area (Å²) in [6.45, 7) is 8.60. The van der Waals surface area contributed by atoms with Gasteiger partial charge in [0.1, 0.15) is 18.2 Å². The van der Waals surface area contributed by atoms with Crippen LogP contribution in [0.25, 0.3) is 0 Å². The van der Waals surface area contributed by atoms with Gasteiger partial charge in [0, 0.05) is 45.8 Å². The summed E-state index contributed by atoms with van der Waals surface area (Å²) in [5.41, 5.74) is 0.823. The van der Waals surface area contributed by atoms with Gasteiger partial charge in [-0.1, -0.05) is 30.3 Å². The summed E-state index contributed by atoms with van der Waals surface area (Å²) in [6.07, 6.45) is 0. The number of carbonyl (C=O) groups excluding carboxylic acids is 1. The second-order valence-electron chi connectivity index (χ2n) is 7.32. The van der Waals surface area contributed by atoms with Crippen molar-refractivity contribution in [2.24, 2.45) is 0 Å². The van der Waals surface area contributed by atoms with E-state index in [0.717, 1.165) is 44.0 Å². The van der Waals surface area contributed by atoms with Gasteiger partial charge in [-0.2, -0.15) is 0 Å². The topological polar surface area (TPSA) is 36.0 Å². The second kappa shape index (κ2) is 10.9. The normalized spacial score (nSPS) is 15.2. The number of para-hydroxylation sites is 1. The molecule has 0 N–H and O–H groups in total. The molecule has 0 unspecified atom stereocenters. The molecule has 1 amide bonds. The molecule has 5 nitrogen and oxygen atoms in total. The first-order valence-corrected chi connectivity index (χ1v) is 10.3. The number of nitrogens with zero attached hydrogens (tertiary/aromatic N) is 3. The number of hydrogen-bond donors (Lipinski definition) is 0. The van der Waals surface area contributed by atoms with Crippen LogP contribution in [-0.4, -0.2) is 73.0 Å². The van der Waals surface area contributed by atoms with E-state index in [4.69, 9.17) is 4.74 Å². The Kier molecular flexibility index (Phi) is 8.02. The number of likely N-dealkylation sites (N-methyl/N-ethyl adjacent to an activating group) is 1. The molecule has 1 aliphatic heterocycles. The van der Waals surface area contributed by atoms with E-state index < -0.39 is 0 Å². The highest BCUT2D eigenvalue weighted by Crippen LogP contribution is 2.10. The Hall–Kier alpha value is -2.44. The summed E-state index contributed by atoms with van der Waals surface area (Å²) in [6, 6.07) is 16.3. The lowest BCUT2D eigenvalue weighted by atomic mass is 10.2. The van der Waals surface area contributed by atoms with Gasteiger partial charge in [-0.15, -0.1) is 0 Å². The molecule has 0 aliphatic carbocycles. The van der Waals surface area contributed by atoms with E-state index in [9.17, 15) is 9.18 Å². The van der Waals surface area contributed by atoms with E-state index >= 15 is 0 Å². The molecular weight excluding hydrogens is 369 g/mol. The summed E-state index contributed by atoms with van der Waals surface area (Å²) < 4.78 is 19.2. The number of ether oxygens (including phenoxy) is 1. The van der Waals surface area contributed by atoms with Crippen molar-refractivity contribution in [2.75, 3.05) is 52.4 Å². The molecule has 6 heteroatoms. The van der Waals surface area contributed by atoms with Gasteiger partial charge in [0.15, 0.2) is 0 Å². The van der Waals surface area contributed by atoms with Gasteiger partial charge in [-0.3, -0.25) is 14.6 Å². The Morgan fingerprint density at radius 1 is 1.03 bits per heavy atom. The maximum Gasteiger partial charge on any atom is 0.237 e. The molecule has 156 valence electrons. The lowest BCUT2D eigenvalue weighted by molar-refractivity contribution is -0.133. The number of benzene rings is 2. The first-order chi connectivity index (χ1) is 14.1. The standard InChI is InChI=1S/C23H30FN3O2/c1-2-27(18-20-7-6-8-21(24)17-20)23(28)19-26-13-11-25(12-14-26)15-16-29-22-9-4-3-5-10-22/h3-10,17H,2,11-16,18-19H2,1H3. The lowest BCUT2D eigenvalue weighted by Crippen LogP contribution is -2.50. The second-order valence-corrected chi connectivity index (χ2v) is 7.32. The van der Waals surface area contributed by atoms with Crippen molar-refractivity contribution in [1.29, 1.82) is 0 Å². The molecule has 0 aromatic heterocycles. The molecule has 0 saturated carbocycles. The smallest absolute Gasteiger partial charge is 0.237 e. The average Bonchev–Trinajstić information content (AvgIpc) is 2.74. The lowest BCUT2D eigenvalue weighted by Gasteiger charge is -2.35. The highest BCUT2D eigenvalue weighted by molar-refractivity contribution is 5.78. The van der Waals surface area contributed by atoms with Crippen molar-refractivity contribution in [3.63, 3.8) is 0 Å². The van der Waals surface area contributed by atoms with Crippen LogP contribution >= 0.6 is 0 Å². The summed E-state index contributed by atoms with van der Waals surface area (Å²) in [5, 5.41) is 0. The summed E-state index contributed by atoms with van der Waals surface area (Å²) in [4.78, 5) is 19.1. The molecule has 0 atom stereocenters. The maximum absolute atomic E-state index is 13.4. The molecule has 0 spiro atoms. The molecule has 29 heavy (non-hydrogen) atoms. The maximum atomic E-state index is 13.4. The van der Waals surface area contributed by atoms with Crippen LogP contribution in [0.1, 0.15) is 12.5 Å². The van der Waals surface area contributed by atoms with Crippen LogP contribution < -0.4 is 4.74 Å². The minimum atomic E-state index is -0.265. The first kappa shape index (κ1) is 21.3. The van der Waals surface area contributed by atoms with Crippen molar-refractivity contribution in [3.8, 4) is 5.75 Å². The van der Waals surface area contributed by atoms with Crippen LogP contribution in [0.2, 0.25) is 0 Å². The van der Waals surface area contributed by atoms with Crippen molar-refractivity contribution >= 4 is 5.91 Å². The molecular formula is C23H30FN3O2. The van der Waals surface area contributed by atoms with E-state index in [-0.39, 0.29) is 11.7 Å². The summed E-state index contributed by atoms with van der Waals surface area (Å²) in [5.74, 6) is 0.727. The number of hydrogen-bond acceptors (Lipinski definition) is 4. The molecule has 1 aliphatic rings. The Bertz CT molecular complexity index is 764. The van der Waals surface area contributed by atoms with Crippen LogP contribution in [-0.2, 0) is 11.3 Å². The number of rotatable bonds is 9. The van der Waals surface area contributed by atoms with Crippen molar-refractivity contribution in [2.45, 2.75) is 13.5 Å². The van der Waals surface area contributed by atoms with Gasteiger partial charge in [-0.05, 0) is 36.8 Å². The molecule has 0 radical (unpaired) electrons. The van der Waals surface area contributed by atoms with Crippen LogP contribution in [0.3, 0.4) is 0 Å². The molecule has 0 bridgehead atoms. The van der Waals surface area contributed by atoms with E-state index in [1.807, 2.05) is 43.3 Å². The van der Waals surface area contributed by atoms with Gasteiger partial charge < -0.3 is 9.64 Å². The molecule has 2 aromatic carbocycles. The Morgan fingerprint density at radius 2 is 1.76 bits per heavy atom. The molecule has 3 rings (SSSR count). The predicted molar refractivity (Wildman–Crippen MR) is 112 cm³/mol. The van der Waals surface area contributed by atoms with E-state index in [1.165, 1.54) is 12.1 Å². The van der Waals surface area contributed by atoms with Gasteiger partial charge >= 0.3 is 0 Å². The predicted octanol–water partition coefficient (Wildman–Crippen LogP) is 2.87. The van der Waals surface area contributed by atoms with E-state index in [2.05, 4.69) is 9.80 Å². The quantitative estimate of drug-likeness (QED) is 0.650. The fourth-order valence-electron chi connectivity index (χ4n) is 3.50. The van der Waals surface area contributed by atoms with Crippen molar-refractivity contribution in [1.82, 2.24) is 14.7 Å². The van der Waals surface area contributed by atoms with Gasteiger partial charge in [0.2, 0.25) is 5.91 Å².